The molecular formula is C8H8O2. The molecule has 1 rings (SSSR count). The standard InChI is InChI=1S/C8H8O2/c1-7-3-2-4-8(5-7)10-6-9/h2-6H,1H3. The van der Waals surface area contributed by atoms with E-state index in [0.29, 0.717) is 12.2 Å². The third-order valence-electron chi connectivity index (χ3n) is 1.17. The number of ether oxygens (including phenoxy) is 1. The topological polar surface area (TPSA) is 26.3 Å². The Morgan fingerprint density at radius 3 is 2.90 bits per heavy atom. The van der Waals surface area contributed by atoms with Crippen molar-refractivity contribution >= 4 is 6.47 Å². The number of hydrogen-bond acceptors (Lipinski definition) is 2. The Hall–Kier alpha value is -1.31. The molecule has 1 aromatic rings. The van der Waals surface area contributed by atoms with E-state index in [9.17, 15) is 4.79 Å². The van der Waals surface area contributed by atoms with Crippen LogP contribution in [-0.4, -0.2) is 6.47 Å². The molecule has 0 aliphatic heterocycles. The minimum absolute atomic E-state index is 0.425. The second kappa shape index (κ2) is 3.01. The third kappa shape index (κ3) is 1.58. The molecule has 0 radical (unpaired) electrons. The van der Waals surface area contributed by atoms with E-state index in [2.05, 4.69) is 4.74 Å². The summed E-state index contributed by atoms with van der Waals surface area (Å²) in [4.78, 5) is 9.86. The van der Waals surface area contributed by atoms with Crippen LogP contribution in [0.3, 0.4) is 0 Å². The van der Waals surface area contributed by atoms with Gasteiger partial charge in [0, 0.05) is 0 Å². The SMILES string of the molecule is Cc1cccc(OC=O)c1. The van der Waals surface area contributed by atoms with E-state index in [0.717, 1.165) is 5.56 Å². The predicted molar refractivity (Wildman–Crippen MR) is 37.9 cm³/mol. The van der Waals surface area contributed by atoms with Crippen LogP contribution in [-0.2, 0) is 4.79 Å². The summed E-state index contributed by atoms with van der Waals surface area (Å²) in [5, 5.41) is 0. The highest BCUT2D eigenvalue weighted by atomic mass is 16.5. The fourth-order valence-corrected chi connectivity index (χ4v) is 0.744. The zero-order chi connectivity index (χ0) is 7.40. The van der Waals surface area contributed by atoms with E-state index in [1.807, 2.05) is 19.1 Å². The summed E-state index contributed by atoms with van der Waals surface area (Å²) in [6, 6.07) is 7.32. The van der Waals surface area contributed by atoms with Gasteiger partial charge in [0.2, 0.25) is 0 Å². The highest BCUT2D eigenvalue weighted by Crippen LogP contribution is 2.10. The minimum atomic E-state index is 0.425. The second-order valence-corrected chi connectivity index (χ2v) is 2.03. The molecule has 0 heterocycles. The van der Waals surface area contributed by atoms with Crippen molar-refractivity contribution in [3.05, 3.63) is 29.8 Å². The summed E-state index contributed by atoms with van der Waals surface area (Å²) in [6.45, 7) is 2.37. The smallest absolute Gasteiger partial charge is 0.298 e. The van der Waals surface area contributed by atoms with Gasteiger partial charge in [0.1, 0.15) is 5.75 Å². The van der Waals surface area contributed by atoms with Crippen LogP contribution in [0.15, 0.2) is 24.3 Å². The minimum Gasteiger partial charge on any atom is -0.429 e. The average Bonchev–Trinajstić information content (AvgIpc) is 1.88. The highest BCUT2D eigenvalue weighted by molar-refractivity contribution is 5.45. The third-order valence-corrected chi connectivity index (χ3v) is 1.17. The Bertz CT molecular complexity index is 230. The Balaban J connectivity index is 2.84. The van der Waals surface area contributed by atoms with Crippen LogP contribution in [0.5, 0.6) is 5.75 Å². The molecule has 0 aliphatic rings. The quantitative estimate of drug-likeness (QED) is 0.576. The average molecular weight is 136 g/mol. The van der Waals surface area contributed by atoms with Crippen LogP contribution >= 0.6 is 0 Å². The van der Waals surface area contributed by atoms with E-state index in [4.69, 9.17) is 0 Å². The number of benzene rings is 1. The lowest BCUT2D eigenvalue weighted by Gasteiger charge is -1.96. The van der Waals surface area contributed by atoms with Gasteiger partial charge in [-0.25, -0.2) is 0 Å². The Morgan fingerprint density at radius 1 is 1.50 bits per heavy atom. The molecule has 0 saturated carbocycles. The lowest BCUT2D eigenvalue weighted by atomic mass is 10.2. The molecule has 0 amide bonds. The maximum atomic E-state index is 9.86. The largest absolute Gasteiger partial charge is 0.429 e. The van der Waals surface area contributed by atoms with Gasteiger partial charge < -0.3 is 4.74 Å². The molecule has 0 N–H and O–H groups in total. The van der Waals surface area contributed by atoms with Crippen molar-refractivity contribution in [2.75, 3.05) is 0 Å². The van der Waals surface area contributed by atoms with Gasteiger partial charge >= 0.3 is 0 Å². The Morgan fingerprint density at radius 2 is 2.30 bits per heavy atom. The number of carbonyl (C=O) groups is 1. The van der Waals surface area contributed by atoms with Gasteiger partial charge in [-0.2, -0.15) is 0 Å². The second-order valence-electron chi connectivity index (χ2n) is 2.03. The van der Waals surface area contributed by atoms with Crippen molar-refractivity contribution in [3.8, 4) is 5.75 Å². The van der Waals surface area contributed by atoms with Crippen LogP contribution in [0.25, 0.3) is 0 Å². The predicted octanol–water partition coefficient (Wildman–Crippen LogP) is 1.53. The Labute approximate surface area is 59.4 Å². The molecule has 0 aromatic heterocycles. The van der Waals surface area contributed by atoms with Crippen LogP contribution in [0.2, 0.25) is 0 Å². The van der Waals surface area contributed by atoms with Crippen molar-refractivity contribution < 1.29 is 9.53 Å². The summed E-state index contributed by atoms with van der Waals surface area (Å²) in [5.41, 5.74) is 1.08. The molecule has 0 atom stereocenters. The molecule has 1 aromatic carbocycles. The van der Waals surface area contributed by atoms with Crippen molar-refractivity contribution in [2.24, 2.45) is 0 Å². The lowest BCUT2D eigenvalue weighted by molar-refractivity contribution is -0.120. The molecule has 0 spiro atoms. The normalized spacial score (nSPS) is 8.90. The van der Waals surface area contributed by atoms with Gasteiger partial charge in [-0.15, -0.1) is 0 Å². The molecule has 0 fully saturated rings. The van der Waals surface area contributed by atoms with Gasteiger partial charge in [0.15, 0.2) is 0 Å². The first-order chi connectivity index (χ1) is 4.83. The van der Waals surface area contributed by atoms with Crippen LogP contribution < -0.4 is 4.74 Å². The van der Waals surface area contributed by atoms with Gasteiger partial charge in [-0.3, -0.25) is 4.79 Å². The number of aryl methyl sites for hydroxylation is 1. The van der Waals surface area contributed by atoms with Gasteiger partial charge in [0.05, 0.1) is 0 Å². The van der Waals surface area contributed by atoms with E-state index in [1.54, 1.807) is 12.1 Å². The van der Waals surface area contributed by atoms with E-state index in [-0.39, 0.29) is 0 Å². The van der Waals surface area contributed by atoms with Crippen molar-refractivity contribution in [2.45, 2.75) is 6.92 Å². The number of rotatable bonds is 2. The molecule has 10 heavy (non-hydrogen) atoms. The molecule has 0 saturated heterocycles. The molecule has 52 valence electrons. The molecule has 0 aliphatic carbocycles. The van der Waals surface area contributed by atoms with Crippen LogP contribution in [0, 0.1) is 6.92 Å². The monoisotopic (exact) mass is 136 g/mol. The summed E-state index contributed by atoms with van der Waals surface area (Å²) < 4.78 is 4.61. The van der Waals surface area contributed by atoms with Crippen molar-refractivity contribution in [1.82, 2.24) is 0 Å². The van der Waals surface area contributed by atoms with Crippen molar-refractivity contribution in [3.63, 3.8) is 0 Å². The summed E-state index contributed by atoms with van der Waals surface area (Å²) in [7, 11) is 0. The molecular weight excluding hydrogens is 128 g/mol. The number of hydrogen-bond donors (Lipinski definition) is 0. The Kier molecular flexibility index (Phi) is 2.05. The molecule has 2 heteroatoms. The van der Waals surface area contributed by atoms with E-state index < -0.39 is 0 Å². The maximum Gasteiger partial charge on any atom is 0.298 e. The fraction of sp³-hybridized carbons (Fsp3) is 0.125. The number of carbonyl (C=O) groups excluding carboxylic acids is 1. The fourth-order valence-electron chi connectivity index (χ4n) is 0.744. The summed E-state index contributed by atoms with van der Waals surface area (Å²) in [6.07, 6.45) is 0. The van der Waals surface area contributed by atoms with Gasteiger partial charge in [-0.05, 0) is 24.6 Å². The molecule has 0 unspecified atom stereocenters. The van der Waals surface area contributed by atoms with E-state index in [1.165, 1.54) is 0 Å². The highest BCUT2D eigenvalue weighted by Gasteiger charge is 1.89. The van der Waals surface area contributed by atoms with Gasteiger partial charge in [0.25, 0.3) is 6.47 Å². The first kappa shape index (κ1) is 6.81. The van der Waals surface area contributed by atoms with Gasteiger partial charge in [-0.1, -0.05) is 12.1 Å². The zero-order valence-electron chi connectivity index (χ0n) is 5.70. The molecule has 2 nitrogen and oxygen atoms in total. The first-order valence-electron chi connectivity index (χ1n) is 3.00. The molecule has 0 bridgehead atoms. The zero-order valence-corrected chi connectivity index (χ0v) is 5.70. The van der Waals surface area contributed by atoms with Crippen LogP contribution in [0.4, 0.5) is 0 Å². The van der Waals surface area contributed by atoms with E-state index >= 15 is 0 Å². The maximum absolute atomic E-state index is 9.86. The summed E-state index contributed by atoms with van der Waals surface area (Å²) >= 11 is 0. The first-order valence-corrected chi connectivity index (χ1v) is 3.00. The van der Waals surface area contributed by atoms with Crippen molar-refractivity contribution in [1.29, 1.82) is 0 Å². The van der Waals surface area contributed by atoms with Crippen LogP contribution in [0.1, 0.15) is 5.56 Å². The summed E-state index contributed by atoms with van der Waals surface area (Å²) in [5.74, 6) is 0.593. The lowest BCUT2D eigenvalue weighted by Crippen LogP contribution is -1.87.